The fourth-order valence-corrected chi connectivity index (χ4v) is 1.91. The number of anilines is 3. The molecule has 7 heteroatoms. The van der Waals surface area contributed by atoms with Gasteiger partial charge in [0.2, 0.25) is 0 Å². The predicted molar refractivity (Wildman–Crippen MR) is 75.8 cm³/mol. The Labute approximate surface area is 120 Å². The highest BCUT2D eigenvalue weighted by molar-refractivity contribution is 5.61. The van der Waals surface area contributed by atoms with Crippen molar-refractivity contribution in [1.29, 1.82) is 0 Å². The third-order valence-corrected chi connectivity index (χ3v) is 2.91. The van der Waals surface area contributed by atoms with E-state index in [1.807, 2.05) is 0 Å². The molecule has 0 fully saturated rings. The first-order valence-corrected chi connectivity index (χ1v) is 6.28. The van der Waals surface area contributed by atoms with Gasteiger partial charge in [-0.05, 0) is 31.5 Å². The first kappa shape index (κ1) is 15.1. The molecule has 112 valence electrons. The van der Waals surface area contributed by atoms with E-state index in [2.05, 4.69) is 20.6 Å². The standard InChI is InChI=1S/C14H15F3N4/c1-8-4-5-10(6-11(8)14(15,16)17)21-13-7-12(18-3)19-9(2)20-13/h4-7H,1-3H3,(H2,18,19,20,21). The molecule has 0 bridgehead atoms. The second-order valence-electron chi connectivity index (χ2n) is 4.59. The van der Waals surface area contributed by atoms with Crippen LogP contribution in [-0.4, -0.2) is 17.0 Å². The lowest BCUT2D eigenvalue weighted by atomic mass is 10.1. The van der Waals surface area contributed by atoms with Crippen molar-refractivity contribution < 1.29 is 13.2 Å². The van der Waals surface area contributed by atoms with Gasteiger partial charge in [0, 0.05) is 18.8 Å². The van der Waals surface area contributed by atoms with Crippen molar-refractivity contribution in [3.8, 4) is 0 Å². The van der Waals surface area contributed by atoms with E-state index in [9.17, 15) is 13.2 Å². The Kier molecular flexibility index (Phi) is 4.02. The minimum absolute atomic E-state index is 0.183. The molecular weight excluding hydrogens is 281 g/mol. The molecule has 1 aromatic heterocycles. The summed E-state index contributed by atoms with van der Waals surface area (Å²) in [6.45, 7) is 3.14. The number of hydrogen-bond donors (Lipinski definition) is 2. The molecule has 0 atom stereocenters. The van der Waals surface area contributed by atoms with E-state index in [4.69, 9.17) is 0 Å². The van der Waals surface area contributed by atoms with Crippen molar-refractivity contribution >= 4 is 17.3 Å². The zero-order valence-corrected chi connectivity index (χ0v) is 11.8. The topological polar surface area (TPSA) is 49.8 Å². The lowest BCUT2D eigenvalue weighted by Gasteiger charge is -2.13. The second-order valence-corrected chi connectivity index (χ2v) is 4.59. The summed E-state index contributed by atoms with van der Waals surface area (Å²) in [6.07, 6.45) is -4.38. The summed E-state index contributed by atoms with van der Waals surface area (Å²) in [5, 5.41) is 5.74. The Bertz CT molecular complexity index is 653. The first-order chi connectivity index (χ1) is 9.79. The minimum atomic E-state index is -4.38. The van der Waals surface area contributed by atoms with Crippen LogP contribution in [0.5, 0.6) is 0 Å². The van der Waals surface area contributed by atoms with Crippen molar-refractivity contribution in [3.05, 3.63) is 41.2 Å². The van der Waals surface area contributed by atoms with Crippen LogP contribution in [0, 0.1) is 13.8 Å². The molecule has 0 radical (unpaired) electrons. The molecule has 2 aromatic rings. The van der Waals surface area contributed by atoms with E-state index in [0.717, 1.165) is 6.07 Å². The molecule has 0 unspecified atom stereocenters. The van der Waals surface area contributed by atoms with E-state index in [1.54, 1.807) is 26.1 Å². The van der Waals surface area contributed by atoms with Crippen LogP contribution in [0.3, 0.4) is 0 Å². The molecule has 1 aromatic carbocycles. The molecule has 2 N–H and O–H groups in total. The Morgan fingerprint density at radius 2 is 1.67 bits per heavy atom. The summed E-state index contributed by atoms with van der Waals surface area (Å²) < 4.78 is 38.7. The number of halogens is 3. The monoisotopic (exact) mass is 296 g/mol. The van der Waals surface area contributed by atoms with Crippen LogP contribution < -0.4 is 10.6 Å². The van der Waals surface area contributed by atoms with Crippen LogP contribution in [0.2, 0.25) is 0 Å². The highest BCUT2D eigenvalue weighted by Crippen LogP contribution is 2.34. The predicted octanol–water partition coefficient (Wildman–Crippen LogP) is 3.90. The Balaban J connectivity index is 2.34. The molecule has 0 aliphatic heterocycles. The number of alkyl halides is 3. The molecule has 0 saturated heterocycles. The average Bonchev–Trinajstić information content (AvgIpc) is 2.39. The van der Waals surface area contributed by atoms with Gasteiger partial charge in [0.1, 0.15) is 17.5 Å². The van der Waals surface area contributed by atoms with Gasteiger partial charge in [-0.2, -0.15) is 13.2 Å². The van der Waals surface area contributed by atoms with Crippen LogP contribution >= 0.6 is 0 Å². The number of nitrogens with zero attached hydrogens (tertiary/aromatic N) is 2. The van der Waals surface area contributed by atoms with Crippen molar-refractivity contribution in [2.24, 2.45) is 0 Å². The number of aromatic nitrogens is 2. The third kappa shape index (κ3) is 3.62. The molecule has 4 nitrogen and oxygen atoms in total. The summed E-state index contributed by atoms with van der Waals surface area (Å²) in [7, 11) is 1.71. The maximum atomic E-state index is 12.9. The van der Waals surface area contributed by atoms with Crippen LogP contribution in [0.4, 0.5) is 30.5 Å². The van der Waals surface area contributed by atoms with Crippen molar-refractivity contribution in [2.45, 2.75) is 20.0 Å². The van der Waals surface area contributed by atoms with Gasteiger partial charge in [-0.25, -0.2) is 9.97 Å². The molecule has 1 heterocycles. The van der Waals surface area contributed by atoms with Gasteiger partial charge < -0.3 is 10.6 Å². The smallest absolute Gasteiger partial charge is 0.373 e. The molecule has 2 rings (SSSR count). The average molecular weight is 296 g/mol. The molecular formula is C14H15F3N4. The summed E-state index contributed by atoms with van der Waals surface area (Å²) in [4.78, 5) is 8.27. The SMILES string of the molecule is CNc1cc(Nc2ccc(C)c(C(F)(F)F)c2)nc(C)n1. The summed E-state index contributed by atoms with van der Waals surface area (Å²) in [5.41, 5.74) is -0.150. The number of nitrogens with one attached hydrogen (secondary N) is 2. The van der Waals surface area contributed by atoms with Gasteiger partial charge in [-0.15, -0.1) is 0 Å². The van der Waals surface area contributed by atoms with Crippen molar-refractivity contribution in [2.75, 3.05) is 17.7 Å². The molecule has 0 amide bonds. The van der Waals surface area contributed by atoms with Crippen LogP contribution in [0.15, 0.2) is 24.3 Å². The van der Waals surface area contributed by atoms with Gasteiger partial charge in [0.15, 0.2) is 0 Å². The summed E-state index contributed by atoms with van der Waals surface area (Å²) in [6, 6.07) is 5.71. The van der Waals surface area contributed by atoms with Gasteiger partial charge in [0.05, 0.1) is 5.56 Å². The molecule has 0 aliphatic rings. The largest absolute Gasteiger partial charge is 0.416 e. The molecule has 0 aliphatic carbocycles. The minimum Gasteiger partial charge on any atom is -0.373 e. The van der Waals surface area contributed by atoms with E-state index >= 15 is 0 Å². The molecule has 21 heavy (non-hydrogen) atoms. The van der Waals surface area contributed by atoms with Gasteiger partial charge in [-0.1, -0.05) is 6.07 Å². The highest BCUT2D eigenvalue weighted by Gasteiger charge is 2.32. The zero-order valence-electron chi connectivity index (χ0n) is 11.8. The highest BCUT2D eigenvalue weighted by atomic mass is 19.4. The van der Waals surface area contributed by atoms with E-state index < -0.39 is 11.7 Å². The fourth-order valence-electron chi connectivity index (χ4n) is 1.91. The summed E-state index contributed by atoms with van der Waals surface area (Å²) >= 11 is 0. The molecule has 0 spiro atoms. The van der Waals surface area contributed by atoms with Crippen LogP contribution in [0.25, 0.3) is 0 Å². The van der Waals surface area contributed by atoms with Crippen LogP contribution in [-0.2, 0) is 6.18 Å². The lowest BCUT2D eigenvalue weighted by molar-refractivity contribution is -0.138. The fraction of sp³-hybridized carbons (Fsp3) is 0.286. The maximum absolute atomic E-state index is 12.9. The van der Waals surface area contributed by atoms with Gasteiger partial charge in [0.25, 0.3) is 0 Å². The normalized spacial score (nSPS) is 11.3. The lowest BCUT2D eigenvalue weighted by Crippen LogP contribution is -2.08. The van der Waals surface area contributed by atoms with E-state index in [1.165, 1.54) is 13.0 Å². The first-order valence-electron chi connectivity index (χ1n) is 6.28. The third-order valence-electron chi connectivity index (χ3n) is 2.91. The van der Waals surface area contributed by atoms with E-state index in [-0.39, 0.29) is 5.56 Å². The number of aryl methyl sites for hydroxylation is 2. The van der Waals surface area contributed by atoms with Gasteiger partial charge in [-0.3, -0.25) is 0 Å². The van der Waals surface area contributed by atoms with E-state index in [0.29, 0.717) is 23.1 Å². The van der Waals surface area contributed by atoms with Crippen molar-refractivity contribution in [1.82, 2.24) is 9.97 Å². The number of rotatable bonds is 3. The quantitative estimate of drug-likeness (QED) is 0.902. The number of hydrogen-bond acceptors (Lipinski definition) is 4. The summed E-state index contributed by atoms with van der Waals surface area (Å²) in [5.74, 6) is 1.55. The number of benzene rings is 1. The zero-order chi connectivity index (χ0) is 15.6. The second kappa shape index (κ2) is 5.59. The Hall–Kier alpha value is -2.31. The Morgan fingerprint density at radius 1 is 1.00 bits per heavy atom. The van der Waals surface area contributed by atoms with Gasteiger partial charge >= 0.3 is 6.18 Å². The Morgan fingerprint density at radius 3 is 2.29 bits per heavy atom. The van der Waals surface area contributed by atoms with Crippen LogP contribution in [0.1, 0.15) is 17.0 Å². The maximum Gasteiger partial charge on any atom is 0.416 e. The van der Waals surface area contributed by atoms with Crippen molar-refractivity contribution in [3.63, 3.8) is 0 Å². The molecule has 0 saturated carbocycles.